The van der Waals surface area contributed by atoms with Gasteiger partial charge in [-0.15, -0.1) is 5.10 Å². The molecule has 0 saturated carbocycles. The van der Waals surface area contributed by atoms with Gasteiger partial charge < -0.3 is 19.7 Å². The number of ether oxygens (including phenoxy) is 1. The first-order valence-corrected chi connectivity index (χ1v) is 9.61. The standard InChI is InChI=1S/C22H22N4O4/c1-15-19-8-7-18(29-14-17(27)13-24-26-10-9-23-25-26)12-21(19)30-22(28)20(15)11-16-5-3-2-4-6-16/h2-10,12,17,24,27H,11,13-14H2,1H3. The third-order valence-electron chi connectivity index (χ3n) is 4.84. The van der Waals surface area contributed by atoms with Crippen LogP contribution in [0.25, 0.3) is 11.0 Å². The van der Waals surface area contributed by atoms with Crippen molar-refractivity contribution in [1.82, 2.24) is 15.1 Å². The summed E-state index contributed by atoms with van der Waals surface area (Å²) in [7, 11) is 0. The highest BCUT2D eigenvalue weighted by Gasteiger charge is 2.13. The molecule has 4 rings (SSSR count). The predicted molar refractivity (Wildman–Crippen MR) is 112 cm³/mol. The largest absolute Gasteiger partial charge is 0.491 e. The van der Waals surface area contributed by atoms with Crippen LogP contribution in [0, 0.1) is 6.92 Å². The van der Waals surface area contributed by atoms with Crippen LogP contribution in [0.1, 0.15) is 16.7 Å². The number of rotatable bonds is 8. The van der Waals surface area contributed by atoms with Gasteiger partial charge in [0.15, 0.2) is 0 Å². The summed E-state index contributed by atoms with van der Waals surface area (Å²) in [6.45, 7) is 2.24. The molecule has 2 aromatic heterocycles. The van der Waals surface area contributed by atoms with E-state index in [4.69, 9.17) is 9.15 Å². The first-order chi connectivity index (χ1) is 14.6. The highest BCUT2D eigenvalue weighted by Crippen LogP contribution is 2.25. The molecule has 0 saturated heterocycles. The number of aromatic nitrogens is 3. The van der Waals surface area contributed by atoms with Crippen molar-refractivity contribution in [2.45, 2.75) is 19.4 Å². The summed E-state index contributed by atoms with van der Waals surface area (Å²) < 4.78 is 11.2. The summed E-state index contributed by atoms with van der Waals surface area (Å²) in [5, 5.41) is 18.3. The van der Waals surface area contributed by atoms with E-state index in [2.05, 4.69) is 15.7 Å². The Kier molecular flexibility index (Phi) is 5.76. The number of fused-ring (bicyclic) bond motifs is 1. The third kappa shape index (κ3) is 4.49. The number of aliphatic hydroxyl groups is 1. The maximum absolute atomic E-state index is 12.6. The summed E-state index contributed by atoms with van der Waals surface area (Å²) in [4.78, 5) is 14.0. The van der Waals surface area contributed by atoms with E-state index in [1.54, 1.807) is 18.3 Å². The van der Waals surface area contributed by atoms with E-state index in [1.165, 1.54) is 11.0 Å². The molecule has 4 aromatic rings. The molecule has 154 valence electrons. The Morgan fingerprint density at radius 1 is 1.23 bits per heavy atom. The zero-order valence-corrected chi connectivity index (χ0v) is 16.5. The van der Waals surface area contributed by atoms with E-state index in [-0.39, 0.29) is 18.8 Å². The zero-order chi connectivity index (χ0) is 20.9. The first-order valence-electron chi connectivity index (χ1n) is 9.61. The van der Waals surface area contributed by atoms with Gasteiger partial charge >= 0.3 is 5.63 Å². The van der Waals surface area contributed by atoms with Crippen LogP contribution < -0.4 is 15.8 Å². The highest BCUT2D eigenvalue weighted by molar-refractivity contribution is 5.82. The number of benzene rings is 2. The molecule has 30 heavy (non-hydrogen) atoms. The predicted octanol–water partition coefficient (Wildman–Crippen LogP) is 2.27. The van der Waals surface area contributed by atoms with E-state index in [9.17, 15) is 9.90 Å². The normalized spacial score (nSPS) is 12.1. The molecule has 8 nitrogen and oxygen atoms in total. The number of hydrogen-bond donors (Lipinski definition) is 2. The maximum Gasteiger partial charge on any atom is 0.340 e. The van der Waals surface area contributed by atoms with Gasteiger partial charge in [0.25, 0.3) is 0 Å². The molecule has 1 atom stereocenters. The molecule has 1 unspecified atom stereocenters. The van der Waals surface area contributed by atoms with Crippen molar-refractivity contribution in [2.75, 3.05) is 18.6 Å². The van der Waals surface area contributed by atoms with Gasteiger partial charge in [-0.3, -0.25) is 0 Å². The lowest BCUT2D eigenvalue weighted by Crippen LogP contribution is -2.30. The van der Waals surface area contributed by atoms with Gasteiger partial charge in [0.1, 0.15) is 24.0 Å². The van der Waals surface area contributed by atoms with Crippen LogP contribution in [0.4, 0.5) is 0 Å². The fraction of sp³-hybridized carbons (Fsp3) is 0.227. The van der Waals surface area contributed by atoms with Crippen LogP contribution in [-0.2, 0) is 6.42 Å². The van der Waals surface area contributed by atoms with Crippen molar-refractivity contribution in [1.29, 1.82) is 0 Å². The summed E-state index contributed by atoms with van der Waals surface area (Å²) in [5.41, 5.74) is 5.60. The topological polar surface area (TPSA) is 102 Å². The molecule has 8 heteroatoms. The van der Waals surface area contributed by atoms with Crippen molar-refractivity contribution < 1.29 is 14.3 Å². The van der Waals surface area contributed by atoms with Gasteiger partial charge in [0, 0.05) is 23.4 Å². The fourth-order valence-corrected chi connectivity index (χ4v) is 3.21. The van der Waals surface area contributed by atoms with E-state index in [1.807, 2.05) is 43.3 Å². The molecule has 0 bridgehead atoms. The monoisotopic (exact) mass is 406 g/mol. The molecule has 2 aromatic carbocycles. The average molecular weight is 406 g/mol. The minimum Gasteiger partial charge on any atom is -0.491 e. The smallest absolute Gasteiger partial charge is 0.340 e. The second kappa shape index (κ2) is 8.79. The van der Waals surface area contributed by atoms with Crippen LogP contribution in [-0.4, -0.2) is 39.5 Å². The number of aryl methyl sites for hydroxylation is 1. The van der Waals surface area contributed by atoms with Crippen molar-refractivity contribution >= 4 is 11.0 Å². The van der Waals surface area contributed by atoms with Crippen molar-refractivity contribution in [3.8, 4) is 5.75 Å². The van der Waals surface area contributed by atoms with Gasteiger partial charge in [0.2, 0.25) is 0 Å². The minimum absolute atomic E-state index is 0.0719. The second-order valence-electron chi connectivity index (χ2n) is 6.99. The molecule has 2 N–H and O–H groups in total. The molecule has 0 fully saturated rings. The van der Waals surface area contributed by atoms with Gasteiger partial charge in [-0.05, 0) is 35.4 Å². The Hall–Kier alpha value is -3.65. The molecule has 0 radical (unpaired) electrons. The highest BCUT2D eigenvalue weighted by atomic mass is 16.5. The Labute approximate surface area is 172 Å². The van der Waals surface area contributed by atoms with Crippen LogP contribution in [0.5, 0.6) is 5.75 Å². The van der Waals surface area contributed by atoms with Crippen LogP contribution in [0.3, 0.4) is 0 Å². The van der Waals surface area contributed by atoms with Gasteiger partial charge in [-0.25, -0.2) is 4.79 Å². The Balaban J connectivity index is 1.46. The lowest BCUT2D eigenvalue weighted by atomic mass is 10.00. The number of nitrogens with zero attached hydrogens (tertiary/aromatic N) is 3. The van der Waals surface area contributed by atoms with Gasteiger partial charge in [-0.1, -0.05) is 30.3 Å². The summed E-state index contributed by atoms with van der Waals surface area (Å²) >= 11 is 0. The molecule has 0 aliphatic carbocycles. The number of aliphatic hydroxyl groups excluding tert-OH is 1. The van der Waals surface area contributed by atoms with Crippen molar-refractivity contribution in [3.63, 3.8) is 0 Å². The molecule has 2 heterocycles. The third-order valence-corrected chi connectivity index (χ3v) is 4.84. The quantitative estimate of drug-likeness (QED) is 0.433. The van der Waals surface area contributed by atoms with Crippen molar-refractivity contribution in [3.05, 3.63) is 88.0 Å². The van der Waals surface area contributed by atoms with Gasteiger partial charge in [0.05, 0.1) is 18.9 Å². The molecular formula is C22H22N4O4. The number of nitrogens with one attached hydrogen (secondary N) is 1. The SMILES string of the molecule is Cc1c(Cc2ccccc2)c(=O)oc2cc(OCC(O)CNn3ccnn3)ccc12. The van der Waals surface area contributed by atoms with E-state index in [0.717, 1.165) is 16.5 Å². The number of hydrogen-bond acceptors (Lipinski definition) is 7. The maximum atomic E-state index is 12.6. The fourth-order valence-electron chi connectivity index (χ4n) is 3.21. The average Bonchev–Trinajstić information content (AvgIpc) is 3.28. The summed E-state index contributed by atoms with van der Waals surface area (Å²) in [6.07, 6.45) is 2.93. The second-order valence-corrected chi connectivity index (χ2v) is 6.99. The molecular weight excluding hydrogens is 384 g/mol. The lowest BCUT2D eigenvalue weighted by Gasteiger charge is -2.14. The molecule has 0 amide bonds. The summed E-state index contributed by atoms with van der Waals surface area (Å²) in [6, 6.07) is 15.2. The Morgan fingerprint density at radius 2 is 2.07 bits per heavy atom. The lowest BCUT2D eigenvalue weighted by molar-refractivity contribution is 0.115. The van der Waals surface area contributed by atoms with E-state index in [0.29, 0.717) is 23.3 Å². The molecule has 0 aliphatic heterocycles. The van der Waals surface area contributed by atoms with E-state index < -0.39 is 6.10 Å². The van der Waals surface area contributed by atoms with Crippen molar-refractivity contribution in [2.24, 2.45) is 0 Å². The van der Waals surface area contributed by atoms with Crippen LogP contribution in [0.2, 0.25) is 0 Å². The zero-order valence-electron chi connectivity index (χ0n) is 16.5. The van der Waals surface area contributed by atoms with Crippen LogP contribution >= 0.6 is 0 Å². The Morgan fingerprint density at radius 3 is 2.83 bits per heavy atom. The Bertz CT molecular complexity index is 1170. The van der Waals surface area contributed by atoms with Crippen LogP contribution in [0.15, 0.2) is 70.1 Å². The minimum atomic E-state index is -0.758. The summed E-state index contributed by atoms with van der Waals surface area (Å²) in [5.74, 6) is 0.515. The van der Waals surface area contributed by atoms with E-state index >= 15 is 0 Å². The first kappa shape index (κ1) is 19.7. The molecule has 0 aliphatic rings. The molecule has 0 spiro atoms. The van der Waals surface area contributed by atoms with Gasteiger partial charge in [-0.2, -0.15) is 4.79 Å².